The van der Waals surface area contributed by atoms with Gasteiger partial charge in [-0.3, -0.25) is 4.90 Å². The predicted molar refractivity (Wildman–Crippen MR) is 119 cm³/mol. The molecule has 4 aliphatic rings. The van der Waals surface area contributed by atoms with Gasteiger partial charge in [-0.1, -0.05) is 6.07 Å². The second-order valence-corrected chi connectivity index (χ2v) is 9.68. The first-order valence-corrected chi connectivity index (χ1v) is 11.6. The minimum Gasteiger partial charge on any atom is -0.491 e. The summed E-state index contributed by atoms with van der Waals surface area (Å²) in [6.45, 7) is 4.21. The average molecular weight is 438 g/mol. The molecule has 0 radical (unpaired) electrons. The molecular weight excluding hydrogens is 409 g/mol. The molecule has 5 heterocycles. The molecule has 0 spiro atoms. The van der Waals surface area contributed by atoms with Crippen LogP contribution in [-0.4, -0.2) is 58.8 Å². The van der Waals surface area contributed by atoms with Crippen LogP contribution in [0, 0.1) is 17.7 Å². The zero-order valence-electron chi connectivity index (χ0n) is 17.8. The van der Waals surface area contributed by atoms with Crippen molar-refractivity contribution in [2.24, 2.45) is 11.8 Å². The summed E-state index contributed by atoms with van der Waals surface area (Å²) in [6, 6.07) is 7.11. The smallest absolute Gasteiger partial charge is 0.143 e. The number of hydrogen-bond donors (Lipinski definition) is 2. The van der Waals surface area contributed by atoms with Gasteiger partial charge in [0.05, 0.1) is 30.7 Å². The van der Waals surface area contributed by atoms with Gasteiger partial charge in [0.15, 0.2) is 0 Å². The Morgan fingerprint density at radius 2 is 1.94 bits per heavy atom. The summed E-state index contributed by atoms with van der Waals surface area (Å²) in [5, 5.41) is 4.73. The van der Waals surface area contributed by atoms with Crippen LogP contribution in [0.5, 0.6) is 5.75 Å². The molecule has 1 aliphatic carbocycles. The molecule has 2 aromatic heterocycles. The average Bonchev–Trinajstić information content (AvgIpc) is 3.20. The first kappa shape index (κ1) is 18.8. The number of halogens is 1. The van der Waals surface area contributed by atoms with Gasteiger partial charge in [0.1, 0.15) is 36.0 Å². The van der Waals surface area contributed by atoms with Crippen molar-refractivity contribution in [2.75, 3.05) is 38.2 Å². The highest BCUT2D eigenvalue weighted by Gasteiger charge is 2.44. The van der Waals surface area contributed by atoms with Crippen LogP contribution in [0.2, 0.25) is 0 Å². The highest BCUT2D eigenvalue weighted by atomic mass is 19.1. The first-order chi connectivity index (χ1) is 15.7. The van der Waals surface area contributed by atoms with Crippen molar-refractivity contribution in [3.8, 4) is 5.75 Å². The number of rotatable bonds is 4. The normalized spacial score (nSPS) is 29.7. The van der Waals surface area contributed by atoms with Crippen LogP contribution >= 0.6 is 0 Å². The van der Waals surface area contributed by atoms with Crippen molar-refractivity contribution in [1.82, 2.24) is 19.9 Å². The number of fused-ring (bicyclic) bond motifs is 3. The zero-order chi connectivity index (χ0) is 21.2. The van der Waals surface area contributed by atoms with Crippen molar-refractivity contribution in [2.45, 2.75) is 30.8 Å². The Bertz CT molecular complexity index is 1170. The molecule has 4 atom stereocenters. The van der Waals surface area contributed by atoms with E-state index >= 15 is 0 Å². The van der Waals surface area contributed by atoms with Crippen LogP contribution in [0.15, 0.2) is 30.6 Å². The fourth-order valence-electron chi connectivity index (χ4n) is 5.69. The number of benzene rings is 1. The maximum absolute atomic E-state index is 13.9. The highest BCUT2D eigenvalue weighted by molar-refractivity contribution is 5.88. The van der Waals surface area contributed by atoms with Crippen LogP contribution in [0.25, 0.3) is 11.0 Å². The third-order valence-electron chi connectivity index (χ3n) is 7.60. The molecule has 0 unspecified atom stereocenters. The molecule has 2 saturated heterocycles. The lowest BCUT2D eigenvalue weighted by molar-refractivity contribution is 0.0950. The number of H-pyrrole nitrogens is 1. The van der Waals surface area contributed by atoms with Crippen molar-refractivity contribution in [1.29, 1.82) is 0 Å². The summed E-state index contributed by atoms with van der Waals surface area (Å²) in [6.07, 6.45) is 4.06. The number of aromatic nitrogens is 3. The molecule has 7 nitrogen and oxygen atoms in total. The number of anilines is 1. The van der Waals surface area contributed by atoms with E-state index in [1.807, 2.05) is 6.07 Å². The van der Waals surface area contributed by atoms with Crippen molar-refractivity contribution in [3.63, 3.8) is 0 Å². The van der Waals surface area contributed by atoms with Crippen molar-refractivity contribution in [3.05, 3.63) is 47.7 Å². The molecule has 2 N–H and O–H groups in total. The van der Waals surface area contributed by atoms with E-state index in [0.29, 0.717) is 30.1 Å². The summed E-state index contributed by atoms with van der Waals surface area (Å²) in [4.78, 5) is 15.0. The SMILES string of the molecule is Fc1ccc2c(c1)OC[C@H](N1C[C@H]3COC[C@H]3C1)[C@H]2Nc1ncnc2[nH]c(C3CC3)cc12.[HH]. The lowest BCUT2D eigenvalue weighted by Crippen LogP contribution is -2.48. The molecule has 32 heavy (non-hydrogen) atoms. The number of nitrogens with one attached hydrogen (secondary N) is 2. The van der Waals surface area contributed by atoms with E-state index in [0.717, 1.165) is 48.7 Å². The number of hydrogen-bond acceptors (Lipinski definition) is 6. The predicted octanol–water partition coefficient (Wildman–Crippen LogP) is 3.71. The number of nitrogens with zero attached hydrogens (tertiary/aromatic N) is 3. The number of likely N-dealkylation sites (tertiary alicyclic amines) is 1. The van der Waals surface area contributed by atoms with E-state index in [1.54, 1.807) is 6.33 Å². The monoisotopic (exact) mass is 437 g/mol. The van der Waals surface area contributed by atoms with E-state index in [9.17, 15) is 4.39 Å². The highest BCUT2D eigenvalue weighted by Crippen LogP contribution is 2.43. The molecule has 8 heteroatoms. The maximum Gasteiger partial charge on any atom is 0.143 e. The van der Waals surface area contributed by atoms with Crippen LogP contribution in [0.3, 0.4) is 0 Å². The number of ether oxygens (including phenoxy) is 2. The zero-order valence-corrected chi connectivity index (χ0v) is 17.8. The van der Waals surface area contributed by atoms with E-state index in [4.69, 9.17) is 9.47 Å². The Kier molecular flexibility index (Phi) is 4.20. The van der Waals surface area contributed by atoms with E-state index in [2.05, 4.69) is 31.2 Å². The maximum atomic E-state index is 13.9. The standard InChI is InChI=1S/C24H26FN5O2.H2/c25-16-3-4-17-21(5-16)32-11-20(30-7-14-9-31-10-15(14)8-30)22(17)29-24-18-6-19(13-1-2-13)28-23(18)26-12-27-24;/h3-6,12-15,20,22H,1-2,7-11H2,(H2,26,27,28,29);1H/t14-,15+,20-,22-;/m0./s1. The van der Waals surface area contributed by atoms with Crippen LogP contribution in [-0.2, 0) is 4.74 Å². The lowest BCUT2D eigenvalue weighted by atomic mass is 9.94. The second kappa shape index (κ2) is 7.15. The third kappa shape index (κ3) is 3.08. The molecule has 3 aliphatic heterocycles. The third-order valence-corrected chi connectivity index (χ3v) is 7.60. The van der Waals surface area contributed by atoms with Crippen LogP contribution in [0.4, 0.5) is 10.2 Å². The molecule has 3 aromatic rings. The Morgan fingerprint density at radius 1 is 1.09 bits per heavy atom. The molecular formula is C24H28FN5O2. The Morgan fingerprint density at radius 3 is 2.75 bits per heavy atom. The van der Waals surface area contributed by atoms with Crippen LogP contribution < -0.4 is 10.1 Å². The van der Waals surface area contributed by atoms with Gasteiger partial charge in [0.25, 0.3) is 0 Å². The summed E-state index contributed by atoms with van der Waals surface area (Å²) in [5.41, 5.74) is 3.07. The first-order valence-electron chi connectivity index (χ1n) is 11.6. The summed E-state index contributed by atoms with van der Waals surface area (Å²) < 4.78 is 25.7. The van der Waals surface area contributed by atoms with Gasteiger partial charge in [-0.25, -0.2) is 14.4 Å². The summed E-state index contributed by atoms with van der Waals surface area (Å²) in [5.74, 6) is 2.93. The van der Waals surface area contributed by atoms with Crippen molar-refractivity contribution < 1.29 is 15.3 Å². The molecule has 168 valence electrons. The van der Waals surface area contributed by atoms with Gasteiger partial charge < -0.3 is 19.8 Å². The van der Waals surface area contributed by atoms with Crippen LogP contribution in [0.1, 0.15) is 37.5 Å². The molecule has 1 aromatic carbocycles. The van der Waals surface area contributed by atoms with Gasteiger partial charge in [0, 0.05) is 43.7 Å². The van der Waals surface area contributed by atoms with Gasteiger partial charge in [-0.2, -0.15) is 0 Å². The van der Waals surface area contributed by atoms with Gasteiger partial charge in [-0.15, -0.1) is 0 Å². The number of aromatic amines is 1. The quantitative estimate of drug-likeness (QED) is 0.648. The molecule has 1 saturated carbocycles. The lowest BCUT2D eigenvalue weighted by Gasteiger charge is -2.40. The molecule has 0 bridgehead atoms. The minimum atomic E-state index is -0.280. The Labute approximate surface area is 186 Å². The van der Waals surface area contributed by atoms with E-state index < -0.39 is 0 Å². The largest absolute Gasteiger partial charge is 0.491 e. The Balaban J connectivity index is 0.00000206. The van der Waals surface area contributed by atoms with Gasteiger partial charge >= 0.3 is 0 Å². The van der Waals surface area contributed by atoms with Gasteiger partial charge in [0.2, 0.25) is 0 Å². The van der Waals surface area contributed by atoms with E-state index in [1.165, 1.54) is 30.7 Å². The molecule has 3 fully saturated rings. The molecule has 0 amide bonds. The Hall–Kier alpha value is -2.71. The molecule has 7 rings (SSSR count). The summed E-state index contributed by atoms with van der Waals surface area (Å²) >= 11 is 0. The second-order valence-electron chi connectivity index (χ2n) is 9.68. The summed E-state index contributed by atoms with van der Waals surface area (Å²) in [7, 11) is 0. The van der Waals surface area contributed by atoms with Crippen molar-refractivity contribution >= 4 is 16.9 Å². The fraction of sp³-hybridized carbons (Fsp3) is 0.500. The van der Waals surface area contributed by atoms with Gasteiger partial charge in [-0.05, 0) is 30.9 Å². The van der Waals surface area contributed by atoms with E-state index in [-0.39, 0.29) is 19.3 Å². The topological polar surface area (TPSA) is 75.3 Å². The fourth-order valence-corrected chi connectivity index (χ4v) is 5.69. The minimum absolute atomic E-state index is 0.